The highest BCUT2D eigenvalue weighted by molar-refractivity contribution is 7.80. The molecule has 0 atom stereocenters. The van der Waals surface area contributed by atoms with Crippen molar-refractivity contribution in [3.8, 4) is 0 Å². The van der Waals surface area contributed by atoms with Crippen LogP contribution in [-0.4, -0.2) is 17.5 Å². The van der Waals surface area contributed by atoms with Gasteiger partial charge in [0.05, 0.1) is 0 Å². The number of hydrogen-bond donors (Lipinski definition) is 2. The van der Waals surface area contributed by atoms with Crippen molar-refractivity contribution in [2.45, 2.75) is 142 Å². The molecule has 5 heteroatoms. The zero-order valence-corrected chi connectivity index (χ0v) is 20.9. The Kier molecular flexibility index (Phi) is 25.2. The minimum Gasteiger partial charge on any atom is -0.253 e. The maximum atomic E-state index is 5.16. The monoisotopic (exact) mass is 438 g/mol. The number of thiocarbonyl (C=S) groups is 1. The Hall–Kier alpha value is -0.970. The van der Waals surface area contributed by atoms with Gasteiger partial charge < -0.3 is 0 Å². The van der Waals surface area contributed by atoms with Crippen LogP contribution in [0.2, 0.25) is 0 Å². The van der Waals surface area contributed by atoms with Crippen LogP contribution in [0.1, 0.15) is 142 Å². The highest BCUT2D eigenvalue weighted by Crippen LogP contribution is 2.10. The third-order valence-electron chi connectivity index (χ3n) is 5.39. The summed E-state index contributed by atoms with van der Waals surface area (Å²) in [7, 11) is 0. The van der Waals surface area contributed by atoms with Crippen LogP contribution in [0.15, 0.2) is 10.2 Å². The molecule has 0 aliphatic heterocycles. The van der Waals surface area contributed by atoms with Gasteiger partial charge in [-0.1, -0.05) is 117 Å². The standard InChI is InChI=1S/C25H50N4S/c1-3-5-7-9-11-13-15-17-19-21-23-26-28-25(30)29-27-24-22-20-18-16-14-12-10-8-6-4-2/h23-24H,3-22H2,1-2H3,(H2,28,29,30). The van der Waals surface area contributed by atoms with Gasteiger partial charge in [0.25, 0.3) is 0 Å². The average Bonchev–Trinajstić information content (AvgIpc) is 2.75. The minimum atomic E-state index is 0.460. The van der Waals surface area contributed by atoms with Gasteiger partial charge >= 0.3 is 0 Å². The number of hydrogen-bond acceptors (Lipinski definition) is 3. The molecule has 0 aliphatic carbocycles. The van der Waals surface area contributed by atoms with E-state index in [0.717, 1.165) is 12.8 Å². The Balaban J connectivity index is 3.32. The first-order chi connectivity index (χ1) is 14.8. The van der Waals surface area contributed by atoms with Crippen molar-refractivity contribution in [3.63, 3.8) is 0 Å². The van der Waals surface area contributed by atoms with Crippen molar-refractivity contribution in [1.29, 1.82) is 0 Å². The number of nitrogens with one attached hydrogen (secondary N) is 2. The lowest BCUT2D eigenvalue weighted by Crippen LogP contribution is -2.28. The fraction of sp³-hybridized carbons (Fsp3) is 0.880. The summed E-state index contributed by atoms with van der Waals surface area (Å²) in [5.41, 5.74) is 5.66. The van der Waals surface area contributed by atoms with Gasteiger partial charge in [0.2, 0.25) is 5.11 Å². The fourth-order valence-electron chi connectivity index (χ4n) is 3.46. The van der Waals surface area contributed by atoms with Crippen LogP contribution < -0.4 is 10.9 Å². The zero-order valence-electron chi connectivity index (χ0n) is 20.1. The van der Waals surface area contributed by atoms with Crippen molar-refractivity contribution >= 4 is 29.8 Å². The molecule has 0 aromatic carbocycles. The summed E-state index contributed by atoms with van der Waals surface area (Å²) in [6, 6.07) is 0. The van der Waals surface area contributed by atoms with E-state index in [4.69, 9.17) is 12.2 Å². The van der Waals surface area contributed by atoms with Crippen LogP contribution in [-0.2, 0) is 0 Å². The summed E-state index contributed by atoms with van der Waals surface area (Å²) in [5.74, 6) is 0. The van der Waals surface area contributed by atoms with Gasteiger partial charge in [0.15, 0.2) is 0 Å². The Morgan fingerprint density at radius 2 is 0.833 bits per heavy atom. The van der Waals surface area contributed by atoms with Gasteiger partial charge in [-0.15, -0.1) is 0 Å². The van der Waals surface area contributed by atoms with Gasteiger partial charge in [0, 0.05) is 12.4 Å². The van der Waals surface area contributed by atoms with Gasteiger partial charge in [-0.2, -0.15) is 10.2 Å². The van der Waals surface area contributed by atoms with Crippen LogP contribution in [0.5, 0.6) is 0 Å². The molecule has 0 aliphatic rings. The highest BCUT2D eigenvalue weighted by Gasteiger charge is 1.93. The minimum absolute atomic E-state index is 0.460. The van der Waals surface area contributed by atoms with Crippen molar-refractivity contribution in [2.75, 3.05) is 0 Å². The third-order valence-corrected chi connectivity index (χ3v) is 5.57. The van der Waals surface area contributed by atoms with Crippen molar-refractivity contribution in [1.82, 2.24) is 10.9 Å². The maximum absolute atomic E-state index is 5.16. The van der Waals surface area contributed by atoms with E-state index in [1.165, 1.54) is 116 Å². The predicted octanol–water partition coefficient (Wildman–Crippen LogP) is 8.26. The molecule has 0 spiro atoms. The highest BCUT2D eigenvalue weighted by atomic mass is 32.1. The normalized spacial score (nSPS) is 11.5. The molecule has 176 valence electrons. The Morgan fingerprint density at radius 3 is 1.17 bits per heavy atom. The first-order valence-electron chi connectivity index (χ1n) is 12.9. The summed E-state index contributed by atoms with van der Waals surface area (Å²) in [4.78, 5) is 0. The second kappa shape index (κ2) is 26.1. The smallest absolute Gasteiger partial charge is 0.207 e. The van der Waals surface area contributed by atoms with Crippen molar-refractivity contribution < 1.29 is 0 Å². The van der Waals surface area contributed by atoms with Crippen LogP contribution in [0.4, 0.5) is 0 Å². The van der Waals surface area contributed by atoms with E-state index in [-0.39, 0.29) is 0 Å². The van der Waals surface area contributed by atoms with Gasteiger partial charge in [0.1, 0.15) is 0 Å². The van der Waals surface area contributed by atoms with Gasteiger partial charge in [-0.05, 0) is 37.9 Å². The van der Waals surface area contributed by atoms with Crippen LogP contribution >= 0.6 is 12.2 Å². The lowest BCUT2D eigenvalue weighted by molar-refractivity contribution is 0.568. The molecule has 0 aromatic heterocycles. The summed E-state index contributed by atoms with van der Waals surface area (Å²) in [6.07, 6.45) is 30.2. The summed E-state index contributed by atoms with van der Waals surface area (Å²) in [5, 5.41) is 8.78. The van der Waals surface area contributed by atoms with E-state index >= 15 is 0 Å². The molecule has 0 unspecified atom stereocenters. The van der Waals surface area contributed by atoms with E-state index in [1.54, 1.807) is 0 Å². The molecular weight excluding hydrogens is 388 g/mol. The molecule has 0 saturated carbocycles. The molecule has 0 aromatic rings. The largest absolute Gasteiger partial charge is 0.253 e. The number of nitrogens with zero attached hydrogens (tertiary/aromatic N) is 2. The average molecular weight is 439 g/mol. The molecule has 4 nitrogen and oxygen atoms in total. The molecule has 0 rings (SSSR count). The fourth-order valence-corrected chi connectivity index (χ4v) is 3.56. The van der Waals surface area contributed by atoms with E-state index < -0.39 is 0 Å². The Bertz CT molecular complexity index is 374. The van der Waals surface area contributed by atoms with Gasteiger partial charge in [-0.25, -0.2) is 0 Å². The lowest BCUT2D eigenvalue weighted by Gasteiger charge is -2.02. The molecule has 2 N–H and O–H groups in total. The second-order valence-corrected chi connectivity index (χ2v) is 8.82. The van der Waals surface area contributed by atoms with Crippen molar-refractivity contribution in [2.24, 2.45) is 10.2 Å². The van der Waals surface area contributed by atoms with Crippen LogP contribution in [0.3, 0.4) is 0 Å². The molecule has 0 fully saturated rings. The van der Waals surface area contributed by atoms with Gasteiger partial charge in [-0.3, -0.25) is 10.9 Å². The maximum Gasteiger partial charge on any atom is 0.207 e. The van der Waals surface area contributed by atoms with E-state index in [2.05, 4.69) is 34.9 Å². The van der Waals surface area contributed by atoms with Crippen LogP contribution in [0.25, 0.3) is 0 Å². The van der Waals surface area contributed by atoms with E-state index in [9.17, 15) is 0 Å². The third kappa shape index (κ3) is 25.1. The lowest BCUT2D eigenvalue weighted by atomic mass is 10.1. The number of hydrazone groups is 2. The Labute approximate surface area is 193 Å². The molecular formula is C25H50N4S. The zero-order chi connectivity index (χ0) is 22.0. The molecule has 0 radical (unpaired) electrons. The number of rotatable bonds is 22. The second-order valence-electron chi connectivity index (χ2n) is 8.41. The molecule has 0 saturated heterocycles. The first kappa shape index (κ1) is 29.0. The summed E-state index contributed by atoms with van der Waals surface area (Å²) < 4.78 is 0. The molecule has 30 heavy (non-hydrogen) atoms. The first-order valence-corrected chi connectivity index (χ1v) is 13.3. The van der Waals surface area contributed by atoms with E-state index in [1.807, 2.05) is 12.4 Å². The quantitative estimate of drug-likeness (QED) is 0.0773. The van der Waals surface area contributed by atoms with Crippen molar-refractivity contribution in [3.05, 3.63) is 0 Å². The Morgan fingerprint density at radius 1 is 0.533 bits per heavy atom. The van der Waals surface area contributed by atoms with Crippen LogP contribution in [0, 0.1) is 0 Å². The van der Waals surface area contributed by atoms with E-state index in [0.29, 0.717) is 5.11 Å². The molecule has 0 amide bonds. The SMILES string of the molecule is CCCCCCCCCCCC=NNC(=S)NN=CCCCCCCCCCCC. The number of unbranched alkanes of at least 4 members (excludes halogenated alkanes) is 18. The molecule has 0 heterocycles. The summed E-state index contributed by atoms with van der Waals surface area (Å²) in [6.45, 7) is 4.54. The molecule has 0 bridgehead atoms. The predicted molar refractivity (Wildman–Crippen MR) is 140 cm³/mol. The topological polar surface area (TPSA) is 48.8 Å². The summed E-state index contributed by atoms with van der Waals surface area (Å²) >= 11 is 5.16.